The minimum Gasteiger partial charge on any atom is -0.508 e. The Hall–Kier alpha value is -2.37. The lowest BCUT2D eigenvalue weighted by Gasteiger charge is -2.42. The van der Waals surface area contributed by atoms with Crippen molar-refractivity contribution in [1.82, 2.24) is 10.6 Å². The zero-order valence-electron chi connectivity index (χ0n) is 21.0. The number of rotatable bonds is 7. The van der Waals surface area contributed by atoms with Crippen molar-refractivity contribution in [3.63, 3.8) is 0 Å². The van der Waals surface area contributed by atoms with E-state index in [1.54, 1.807) is 6.07 Å². The smallest absolute Gasteiger partial charge is 0.160 e. The average Bonchev–Trinajstić information content (AvgIpc) is 2.90. The lowest BCUT2D eigenvalue weighted by atomic mass is 9.69. The molecule has 35 heavy (non-hydrogen) atoms. The predicted octanol–water partition coefficient (Wildman–Crippen LogP) is 5.03. The molecule has 0 radical (unpaired) electrons. The molecule has 5 heteroatoms. The second kappa shape index (κ2) is 10.7. The Kier molecular flexibility index (Phi) is 7.45. The molecule has 1 saturated heterocycles. The molecule has 0 bridgehead atoms. The standard InChI is InChI=1S/C30H40N2O3/c1-21(28-9-5-6-17-31-28)35-26-13-10-22(11-14-26)20-30(29(34)23-7-3-2-4-8-23)27-15-12-25(33)19-24(27)16-18-32-30/h10-15,19,21,23,28,31-33H,2-9,16-18,20H2,1H3. The summed E-state index contributed by atoms with van der Waals surface area (Å²) in [4.78, 5) is 14.2. The van der Waals surface area contributed by atoms with Gasteiger partial charge in [-0.1, -0.05) is 43.9 Å². The maximum atomic E-state index is 14.2. The molecule has 2 aliphatic heterocycles. The summed E-state index contributed by atoms with van der Waals surface area (Å²) < 4.78 is 6.26. The van der Waals surface area contributed by atoms with Crippen LogP contribution in [0, 0.1) is 5.92 Å². The zero-order valence-corrected chi connectivity index (χ0v) is 21.0. The van der Waals surface area contributed by atoms with Crippen LogP contribution in [0.3, 0.4) is 0 Å². The molecule has 3 aliphatic rings. The Bertz CT molecular complexity index is 1010. The fourth-order valence-corrected chi connectivity index (χ4v) is 6.46. The van der Waals surface area contributed by atoms with E-state index in [2.05, 4.69) is 29.7 Å². The molecule has 2 aromatic rings. The van der Waals surface area contributed by atoms with Crippen LogP contribution in [0.4, 0.5) is 0 Å². The molecule has 0 amide bonds. The Morgan fingerprint density at radius 1 is 1.03 bits per heavy atom. The molecule has 2 heterocycles. The number of benzene rings is 2. The highest BCUT2D eigenvalue weighted by atomic mass is 16.5. The minimum atomic E-state index is -0.745. The first-order valence-corrected chi connectivity index (χ1v) is 13.7. The number of carbonyl (C=O) groups excluding carboxylic acids is 1. The number of hydrogen-bond acceptors (Lipinski definition) is 5. The maximum absolute atomic E-state index is 14.2. The lowest BCUT2D eigenvalue weighted by molar-refractivity contribution is -0.131. The summed E-state index contributed by atoms with van der Waals surface area (Å²) in [6, 6.07) is 14.3. The lowest BCUT2D eigenvalue weighted by Crippen LogP contribution is -2.56. The Labute approximate surface area is 209 Å². The fraction of sp³-hybridized carbons (Fsp3) is 0.567. The van der Waals surface area contributed by atoms with Gasteiger partial charge in [-0.3, -0.25) is 4.79 Å². The molecule has 0 spiro atoms. The number of ketones is 1. The second-order valence-corrected chi connectivity index (χ2v) is 10.8. The van der Waals surface area contributed by atoms with Crippen LogP contribution in [0.25, 0.3) is 0 Å². The first kappa shape index (κ1) is 24.3. The van der Waals surface area contributed by atoms with Gasteiger partial charge < -0.3 is 20.5 Å². The predicted molar refractivity (Wildman–Crippen MR) is 139 cm³/mol. The highest BCUT2D eigenvalue weighted by Crippen LogP contribution is 2.39. The van der Waals surface area contributed by atoms with E-state index in [9.17, 15) is 9.90 Å². The van der Waals surface area contributed by atoms with Crippen LogP contribution in [-0.2, 0) is 23.2 Å². The SMILES string of the molecule is CC(Oc1ccc(CC2(C(=O)C3CCCCC3)NCCc3cc(O)ccc32)cc1)C1CCCCN1. The number of phenolic OH excluding ortho intramolecular Hbond substituents is 1. The van der Waals surface area contributed by atoms with Crippen molar-refractivity contribution in [2.45, 2.75) is 88.8 Å². The third-order valence-electron chi connectivity index (χ3n) is 8.40. The molecule has 5 nitrogen and oxygen atoms in total. The molecular weight excluding hydrogens is 436 g/mol. The molecule has 2 fully saturated rings. The molecule has 188 valence electrons. The van der Waals surface area contributed by atoms with E-state index in [0.29, 0.717) is 18.2 Å². The van der Waals surface area contributed by atoms with Gasteiger partial charge in [-0.25, -0.2) is 0 Å². The van der Waals surface area contributed by atoms with Gasteiger partial charge in [0.2, 0.25) is 0 Å². The van der Waals surface area contributed by atoms with Gasteiger partial charge in [-0.15, -0.1) is 0 Å². The molecule has 1 aliphatic carbocycles. The number of Topliss-reactive ketones (excluding diaryl/α,β-unsaturated/α-hetero) is 1. The summed E-state index contributed by atoms with van der Waals surface area (Å²) in [6.45, 7) is 3.95. The van der Waals surface area contributed by atoms with Crippen LogP contribution in [-0.4, -0.2) is 36.1 Å². The normalized spacial score (nSPS) is 26.0. The maximum Gasteiger partial charge on any atom is 0.160 e. The van der Waals surface area contributed by atoms with Crippen LogP contribution in [0.5, 0.6) is 11.5 Å². The van der Waals surface area contributed by atoms with E-state index < -0.39 is 5.54 Å². The monoisotopic (exact) mass is 476 g/mol. The summed E-state index contributed by atoms with van der Waals surface area (Å²) in [7, 11) is 0. The van der Waals surface area contributed by atoms with Gasteiger partial charge in [0.15, 0.2) is 5.78 Å². The van der Waals surface area contributed by atoms with Gasteiger partial charge in [-0.05, 0) is 86.5 Å². The van der Waals surface area contributed by atoms with Gasteiger partial charge in [0.1, 0.15) is 23.1 Å². The summed E-state index contributed by atoms with van der Waals surface area (Å²) >= 11 is 0. The van der Waals surface area contributed by atoms with Crippen molar-refractivity contribution < 1.29 is 14.6 Å². The van der Waals surface area contributed by atoms with Crippen LogP contribution in [0.2, 0.25) is 0 Å². The number of phenols is 1. The molecule has 3 atom stereocenters. The molecule has 3 N–H and O–H groups in total. The topological polar surface area (TPSA) is 70.6 Å². The van der Waals surface area contributed by atoms with Crippen molar-refractivity contribution >= 4 is 5.78 Å². The van der Waals surface area contributed by atoms with Gasteiger partial charge >= 0.3 is 0 Å². The number of hydrogen-bond donors (Lipinski definition) is 3. The van der Waals surface area contributed by atoms with Crippen molar-refractivity contribution in [3.8, 4) is 11.5 Å². The summed E-state index contributed by atoms with van der Waals surface area (Å²) in [5.41, 5.74) is 2.50. The first-order valence-electron chi connectivity index (χ1n) is 13.7. The molecule has 0 aromatic heterocycles. The van der Waals surface area contributed by atoms with Crippen LogP contribution in [0.15, 0.2) is 42.5 Å². The highest BCUT2D eigenvalue weighted by molar-refractivity contribution is 5.93. The van der Waals surface area contributed by atoms with E-state index in [1.165, 1.54) is 19.3 Å². The molecule has 3 unspecified atom stereocenters. The van der Waals surface area contributed by atoms with E-state index in [0.717, 1.165) is 74.1 Å². The fourth-order valence-electron chi connectivity index (χ4n) is 6.46. The summed E-state index contributed by atoms with van der Waals surface area (Å²) in [6.07, 6.45) is 10.7. The third kappa shape index (κ3) is 5.26. The third-order valence-corrected chi connectivity index (χ3v) is 8.40. The van der Waals surface area contributed by atoms with E-state index >= 15 is 0 Å². The van der Waals surface area contributed by atoms with Crippen LogP contribution in [0.1, 0.15) is 75.0 Å². The first-order chi connectivity index (χ1) is 17.0. The van der Waals surface area contributed by atoms with E-state index in [-0.39, 0.29) is 17.8 Å². The zero-order chi connectivity index (χ0) is 24.3. The van der Waals surface area contributed by atoms with Gasteiger partial charge in [0.25, 0.3) is 0 Å². The van der Waals surface area contributed by atoms with Gasteiger partial charge in [0.05, 0.1) is 0 Å². The number of nitrogens with one attached hydrogen (secondary N) is 2. The van der Waals surface area contributed by atoms with Gasteiger partial charge in [0, 0.05) is 24.9 Å². The largest absolute Gasteiger partial charge is 0.508 e. The van der Waals surface area contributed by atoms with Crippen molar-refractivity contribution in [2.75, 3.05) is 13.1 Å². The Morgan fingerprint density at radius 2 is 1.80 bits per heavy atom. The summed E-state index contributed by atoms with van der Waals surface area (Å²) in [5.74, 6) is 1.57. The molecule has 1 saturated carbocycles. The Morgan fingerprint density at radius 3 is 2.54 bits per heavy atom. The van der Waals surface area contributed by atoms with Crippen molar-refractivity contribution in [2.24, 2.45) is 5.92 Å². The number of aromatic hydroxyl groups is 1. The van der Waals surface area contributed by atoms with Gasteiger partial charge in [-0.2, -0.15) is 0 Å². The summed E-state index contributed by atoms with van der Waals surface area (Å²) in [5, 5.41) is 17.4. The molecular formula is C30H40N2O3. The second-order valence-electron chi connectivity index (χ2n) is 10.8. The number of fused-ring (bicyclic) bond motifs is 1. The quantitative estimate of drug-likeness (QED) is 0.523. The van der Waals surface area contributed by atoms with E-state index in [1.807, 2.05) is 24.3 Å². The van der Waals surface area contributed by atoms with Crippen LogP contribution >= 0.6 is 0 Å². The number of carbonyl (C=O) groups is 1. The number of ether oxygens (including phenoxy) is 1. The number of piperidine rings is 1. The van der Waals surface area contributed by atoms with Crippen LogP contribution < -0.4 is 15.4 Å². The Balaban J connectivity index is 1.39. The van der Waals surface area contributed by atoms with E-state index in [4.69, 9.17) is 4.74 Å². The van der Waals surface area contributed by atoms with Crippen molar-refractivity contribution in [3.05, 3.63) is 59.2 Å². The average molecular weight is 477 g/mol. The minimum absolute atomic E-state index is 0.0995. The highest BCUT2D eigenvalue weighted by Gasteiger charge is 2.46. The molecule has 5 rings (SSSR count). The van der Waals surface area contributed by atoms with Crippen molar-refractivity contribution in [1.29, 1.82) is 0 Å². The molecule has 2 aromatic carbocycles.